The number of hydrogen-bond acceptors (Lipinski definition) is 5. The molecule has 0 fully saturated rings. The largest absolute Gasteiger partial charge is 0.332 e. The third-order valence-electron chi connectivity index (χ3n) is 4.90. The zero-order chi connectivity index (χ0) is 20.7. The zero-order valence-corrected chi connectivity index (χ0v) is 17.4. The molecule has 0 aliphatic carbocycles. The third-order valence-corrected chi connectivity index (χ3v) is 6.03. The van der Waals surface area contributed by atoms with Crippen LogP contribution in [0.5, 0.6) is 0 Å². The van der Waals surface area contributed by atoms with E-state index >= 15 is 0 Å². The molecule has 1 aromatic carbocycles. The molecule has 0 spiro atoms. The van der Waals surface area contributed by atoms with Crippen LogP contribution in [0.2, 0.25) is 0 Å². The number of aromatic nitrogens is 4. The minimum absolute atomic E-state index is 0.172. The van der Waals surface area contributed by atoms with Crippen LogP contribution in [0.15, 0.2) is 42.0 Å². The van der Waals surface area contributed by atoms with E-state index < -0.39 is 5.82 Å². The van der Waals surface area contributed by atoms with Crippen molar-refractivity contribution in [3.63, 3.8) is 0 Å². The summed E-state index contributed by atoms with van der Waals surface area (Å²) in [5, 5.41) is 7.62. The minimum atomic E-state index is -0.397. The summed E-state index contributed by atoms with van der Waals surface area (Å²) in [6, 6.07) is 5.85. The first kappa shape index (κ1) is 19.2. The molecule has 0 aliphatic heterocycles. The van der Waals surface area contributed by atoms with Crippen LogP contribution in [0.1, 0.15) is 34.0 Å². The maximum Gasteiger partial charge on any atom is 0.254 e. The molecule has 0 radical (unpaired) electrons. The van der Waals surface area contributed by atoms with Crippen LogP contribution in [0.25, 0.3) is 22.2 Å². The number of carbonyl (C=O) groups is 1. The van der Waals surface area contributed by atoms with Crippen LogP contribution in [-0.4, -0.2) is 37.6 Å². The average molecular weight is 409 g/mol. The lowest BCUT2D eigenvalue weighted by molar-refractivity contribution is 0.0744. The van der Waals surface area contributed by atoms with E-state index in [1.165, 1.54) is 23.5 Å². The van der Waals surface area contributed by atoms with Crippen molar-refractivity contribution in [2.24, 2.45) is 7.05 Å². The van der Waals surface area contributed by atoms with Crippen LogP contribution in [0, 0.1) is 12.7 Å². The third kappa shape index (κ3) is 3.63. The SMILES string of the molecule is Cc1csc([C@H](C)N(C)C(=O)c2cc(-c3cnn(C)c3)nc3cc(F)ccc23)n1. The number of amides is 1. The fraction of sp³-hybridized carbons (Fsp3) is 0.238. The number of nitrogens with zero attached hydrogens (tertiary/aromatic N) is 5. The van der Waals surface area contributed by atoms with Crippen LogP contribution < -0.4 is 0 Å². The number of pyridine rings is 1. The molecule has 4 rings (SSSR count). The lowest BCUT2D eigenvalue weighted by Gasteiger charge is -2.24. The molecule has 4 aromatic rings. The van der Waals surface area contributed by atoms with E-state index in [-0.39, 0.29) is 11.9 Å². The highest BCUT2D eigenvalue weighted by Crippen LogP contribution is 2.29. The van der Waals surface area contributed by atoms with Gasteiger partial charge in [-0.3, -0.25) is 9.48 Å². The summed E-state index contributed by atoms with van der Waals surface area (Å²) >= 11 is 1.53. The Morgan fingerprint density at radius 1 is 1.28 bits per heavy atom. The minimum Gasteiger partial charge on any atom is -0.332 e. The summed E-state index contributed by atoms with van der Waals surface area (Å²) < 4.78 is 15.5. The van der Waals surface area contributed by atoms with E-state index in [4.69, 9.17) is 0 Å². The van der Waals surface area contributed by atoms with Crippen molar-refractivity contribution in [2.75, 3.05) is 7.05 Å². The van der Waals surface area contributed by atoms with Crippen molar-refractivity contribution in [3.05, 3.63) is 64.1 Å². The maximum atomic E-state index is 13.9. The van der Waals surface area contributed by atoms with Crippen molar-refractivity contribution in [2.45, 2.75) is 19.9 Å². The first-order valence-electron chi connectivity index (χ1n) is 9.12. The number of fused-ring (bicyclic) bond motifs is 1. The molecule has 29 heavy (non-hydrogen) atoms. The van der Waals surface area contributed by atoms with Crippen LogP contribution in [-0.2, 0) is 7.05 Å². The Morgan fingerprint density at radius 2 is 2.07 bits per heavy atom. The molecule has 6 nitrogen and oxygen atoms in total. The Balaban J connectivity index is 1.81. The van der Waals surface area contributed by atoms with E-state index in [2.05, 4.69) is 15.1 Å². The Morgan fingerprint density at radius 3 is 2.72 bits per heavy atom. The van der Waals surface area contributed by atoms with Gasteiger partial charge >= 0.3 is 0 Å². The molecular formula is C21H20FN5OS. The van der Waals surface area contributed by atoms with Crippen molar-refractivity contribution in [1.82, 2.24) is 24.6 Å². The Kier molecular flexibility index (Phi) is 4.87. The Bertz CT molecular complexity index is 1210. The van der Waals surface area contributed by atoms with E-state index in [1.807, 2.05) is 32.5 Å². The van der Waals surface area contributed by atoms with Crippen molar-refractivity contribution < 1.29 is 9.18 Å². The van der Waals surface area contributed by atoms with Crippen LogP contribution >= 0.6 is 11.3 Å². The van der Waals surface area contributed by atoms with Gasteiger partial charge < -0.3 is 4.90 Å². The number of hydrogen-bond donors (Lipinski definition) is 0. The molecule has 1 atom stereocenters. The van der Waals surface area contributed by atoms with E-state index in [9.17, 15) is 9.18 Å². The average Bonchev–Trinajstić information content (AvgIpc) is 3.33. The van der Waals surface area contributed by atoms with E-state index in [0.29, 0.717) is 22.2 Å². The fourth-order valence-electron chi connectivity index (χ4n) is 3.18. The van der Waals surface area contributed by atoms with Crippen molar-refractivity contribution >= 4 is 28.1 Å². The molecule has 3 heterocycles. The van der Waals surface area contributed by atoms with Gasteiger partial charge in [0.05, 0.1) is 29.0 Å². The van der Waals surface area contributed by atoms with Gasteiger partial charge in [-0.05, 0) is 32.0 Å². The van der Waals surface area contributed by atoms with Gasteiger partial charge in [-0.1, -0.05) is 0 Å². The smallest absolute Gasteiger partial charge is 0.254 e. The Labute approximate surface area is 171 Å². The summed E-state index contributed by atoms with van der Waals surface area (Å²) in [7, 11) is 3.56. The predicted molar refractivity (Wildman–Crippen MR) is 111 cm³/mol. The molecular weight excluding hydrogens is 389 g/mol. The summed E-state index contributed by atoms with van der Waals surface area (Å²) in [6.45, 7) is 3.88. The first-order chi connectivity index (χ1) is 13.8. The fourth-order valence-corrected chi connectivity index (χ4v) is 4.07. The summed E-state index contributed by atoms with van der Waals surface area (Å²) in [4.78, 5) is 24.1. The monoisotopic (exact) mass is 409 g/mol. The number of benzene rings is 1. The second-order valence-corrected chi connectivity index (χ2v) is 7.93. The number of halogens is 1. The maximum absolute atomic E-state index is 13.9. The summed E-state index contributed by atoms with van der Waals surface area (Å²) in [6.07, 6.45) is 3.48. The van der Waals surface area contributed by atoms with Crippen LogP contribution in [0.3, 0.4) is 0 Å². The highest BCUT2D eigenvalue weighted by Gasteiger charge is 2.24. The Hall–Kier alpha value is -3.13. The topological polar surface area (TPSA) is 63.9 Å². The second-order valence-electron chi connectivity index (χ2n) is 7.04. The van der Waals surface area contributed by atoms with Gasteiger partial charge in [-0.2, -0.15) is 5.10 Å². The molecule has 0 unspecified atom stereocenters. The molecule has 0 aliphatic rings. The standard InChI is InChI=1S/C21H20FN5OS/c1-12-11-29-20(24-12)13(2)27(4)21(28)17-8-18(14-9-23-26(3)10-14)25-19-7-15(22)5-6-16(17)19/h5-11,13H,1-4H3/t13-/m0/s1. The van der Waals surface area contributed by atoms with Crippen molar-refractivity contribution in [3.8, 4) is 11.3 Å². The predicted octanol–water partition coefficient (Wildman–Crippen LogP) is 4.37. The summed E-state index contributed by atoms with van der Waals surface area (Å²) in [5.74, 6) is -0.568. The molecule has 8 heteroatoms. The highest BCUT2D eigenvalue weighted by atomic mass is 32.1. The normalized spacial score (nSPS) is 12.3. The van der Waals surface area contributed by atoms with E-state index in [0.717, 1.165) is 16.3 Å². The summed E-state index contributed by atoms with van der Waals surface area (Å²) in [5.41, 5.74) is 3.17. The van der Waals surface area contributed by atoms with Crippen LogP contribution in [0.4, 0.5) is 4.39 Å². The highest BCUT2D eigenvalue weighted by molar-refractivity contribution is 7.09. The van der Waals surface area contributed by atoms with Gasteiger partial charge in [-0.25, -0.2) is 14.4 Å². The van der Waals surface area contributed by atoms with Gasteiger partial charge in [0.2, 0.25) is 0 Å². The molecule has 148 valence electrons. The lowest BCUT2D eigenvalue weighted by Crippen LogP contribution is -2.30. The molecule has 1 amide bonds. The van der Waals surface area contributed by atoms with Gasteiger partial charge in [0, 0.05) is 48.4 Å². The quantitative estimate of drug-likeness (QED) is 0.502. The number of rotatable bonds is 4. The molecule has 3 aromatic heterocycles. The lowest BCUT2D eigenvalue weighted by atomic mass is 10.0. The van der Waals surface area contributed by atoms with Gasteiger partial charge in [0.15, 0.2) is 0 Å². The molecule has 0 saturated heterocycles. The number of thiazole rings is 1. The van der Waals surface area contributed by atoms with Crippen molar-refractivity contribution in [1.29, 1.82) is 0 Å². The number of carbonyl (C=O) groups excluding carboxylic acids is 1. The molecule has 0 bridgehead atoms. The zero-order valence-electron chi connectivity index (χ0n) is 16.5. The number of aryl methyl sites for hydroxylation is 2. The first-order valence-corrected chi connectivity index (χ1v) is 10.00. The van der Waals surface area contributed by atoms with Gasteiger partial charge in [0.1, 0.15) is 10.8 Å². The van der Waals surface area contributed by atoms with Gasteiger partial charge in [-0.15, -0.1) is 11.3 Å². The molecule has 0 saturated carbocycles. The second kappa shape index (κ2) is 7.36. The van der Waals surface area contributed by atoms with E-state index in [1.54, 1.807) is 35.0 Å². The molecule has 0 N–H and O–H groups in total. The van der Waals surface area contributed by atoms with Gasteiger partial charge in [0.25, 0.3) is 5.91 Å².